The predicted molar refractivity (Wildman–Crippen MR) is 66.0 cm³/mol. The fourth-order valence-corrected chi connectivity index (χ4v) is 1.62. The molecule has 0 amide bonds. The minimum absolute atomic E-state index is 0.155. The number of hydrogen-bond acceptors (Lipinski definition) is 4. The van der Waals surface area contributed by atoms with Gasteiger partial charge in [-0.1, -0.05) is 6.07 Å². The van der Waals surface area contributed by atoms with Gasteiger partial charge in [-0.2, -0.15) is 0 Å². The molecular formula is C13H18O5. The number of aliphatic carboxylic acids is 1. The maximum atomic E-state index is 10.9. The van der Waals surface area contributed by atoms with E-state index >= 15 is 0 Å². The zero-order valence-electron chi connectivity index (χ0n) is 10.8. The molecule has 0 radical (unpaired) electrons. The van der Waals surface area contributed by atoms with Crippen molar-refractivity contribution in [2.24, 2.45) is 0 Å². The van der Waals surface area contributed by atoms with Gasteiger partial charge in [-0.15, -0.1) is 0 Å². The SMILES string of the molecule is CCOC(C)Oc1cccc(OC)c1CC(=O)O. The van der Waals surface area contributed by atoms with E-state index < -0.39 is 12.3 Å². The topological polar surface area (TPSA) is 65.0 Å². The largest absolute Gasteiger partial charge is 0.496 e. The Morgan fingerprint density at radius 3 is 2.61 bits per heavy atom. The number of carbonyl (C=O) groups is 1. The average Bonchev–Trinajstić information content (AvgIpc) is 2.31. The Morgan fingerprint density at radius 1 is 1.39 bits per heavy atom. The molecule has 0 aromatic heterocycles. The first kappa shape index (κ1) is 14.3. The highest BCUT2D eigenvalue weighted by atomic mass is 16.7. The highest BCUT2D eigenvalue weighted by molar-refractivity contribution is 5.72. The Kier molecular flexibility index (Phi) is 5.45. The summed E-state index contributed by atoms with van der Waals surface area (Å²) < 4.78 is 16.0. The summed E-state index contributed by atoms with van der Waals surface area (Å²) in [7, 11) is 1.50. The Labute approximate surface area is 106 Å². The van der Waals surface area contributed by atoms with E-state index in [1.807, 2.05) is 6.92 Å². The minimum atomic E-state index is -0.937. The summed E-state index contributed by atoms with van der Waals surface area (Å²) in [6.07, 6.45) is -0.590. The molecule has 0 aliphatic rings. The molecule has 0 saturated heterocycles. The van der Waals surface area contributed by atoms with Gasteiger partial charge in [0.15, 0.2) is 6.29 Å². The average molecular weight is 254 g/mol. The number of benzene rings is 1. The molecule has 100 valence electrons. The molecule has 0 aliphatic carbocycles. The summed E-state index contributed by atoms with van der Waals surface area (Å²) >= 11 is 0. The molecule has 0 fully saturated rings. The summed E-state index contributed by atoms with van der Waals surface area (Å²) in [5.74, 6) is 0.0321. The minimum Gasteiger partial charge on any atom is -0.496 e. The van der Waals surface area contributed by atoms with Crippen LogP contribution in [0.2, 0.25) is 0 Å². The maximum Gasteiger partial charge on any atom is 0.308 e. The van der Waals surface area contributed by atoms with Gasteiger partial charge in [0.05, 0.1) is 13.5 Å². The van der Waals surface area contributed by atoms with E-state index in [4.69, 9.17) is 19.3 Å². The summed E-state index contributed by atoms with van der Waals surface area (Å²) in [6, 6.07) is 5.16. The normalized spacial score (nSPS) is 11.9. The van der Waals surface area contributed by atoms with Crippen molar-refractivity contribution >= 4 is 5.97 Å². The van der Waals surface area contributed by atoms with Gasteiger partial charge in [-0.3, -0.25) is 4.79 Å². The quantitative estimate of drug-likeness (QED) is 0.755. The van der Waals surface area contributed by atoms with Crippen LogP contribution >= 0.6 is 0 Å². The monoisotopic (exact) mass is 254 g/mol. The van der Waals surface area contributed by atoms with Crippen molar-refractivity contribution in [3.05, 3.63) is 23.8 Å². The lowest BCUT2D eigenvalue weighted by molar-refractivity contribution is -0.136. The van der Waals surface area contributed by atoms with Crippen molar-refractivity contribution < 1.29 is 24.1 Å². The van der Waals surface area contributed by atoms with Gasteiger partial charge in [0.2, 0.25) is 0 Å². The van der Waals surface area contributed by atoms with Gasteiger partial charge in [0.25, 0.3) is 0 Å². The molecule has 1 unspecified atom stereocenters. The van der Waals surface area contributed by atoms with E-state index in [1.54, 1.807) is 25.1 Å². The van der Waals surface area contributed by atoms with Crippen molar-refractivity contribution in [1.82, 2.24) is 0 Å². The molecular weight excluding hydrogens is 236 g/mol. The van der Waals surface area contributed by atoms with Crippen LogP contribution in [0.4, 0.5) is 0 Å². The predicted octanol–water partition coefficient (Wildman–Crippen LogP) is 2.08. The van der Waals surface area contributed by atoms with Crippen LogP contribution in [0.5, 0.6) is 11.5 Å². The Morgan fingerprint density at radius 2 is 2.06 bits per heavy atom. The molecule has 1 N–H and O–H groups in total. The molecule has 1 aromatic carbocycles. The highest BCUT2D eigenvalue weighted by Crippen LogP contribution is 2.29. The van der Waals surface area contributed by atoms with Crippen molar-refractivity contribution in [2.45, 2.75) is 26.6 Å². The highest BCUT2D eigenvalue weighted by Gasteiger charge is 2.15. The molecule has 0 spiro atoms. The second-order valence-corrected chi connectivity index (χ2v) is 3.65. The van der Waals surface area contributed by atoms with Crippen LogP contribution in [0, 0.1) is 0 Å². The van der Waals surface area contributed by atoms with Crippen LogP contribution < -0.4 is 9.47 Å². The molecule has 1 atom stereocenters. The summed E-state index contributed by atoms with van der Waals surface area (Å²) in [6.45, 7) is 4.15. The second kappa shape index (κ2) is 6.86. The second-order valence-electron chi connectivity index (χ2n) is 3.65. The van der Waals surface area contributed by atoms with Crippen LogP contribution in [0.1, 0.15) is 19.4 Å². The summed E-state index contributed by atoms with van der Waals surface area (Å²) in [5.41, 5.74) is 0.513. The van der Waals surface area contributed by atoms with Crippen LogP contribution in [0.3, 0.4) is 0 Å². The number of hydrogen-bond donors (Lipinski definition) is 1. The van der Waals surface area contributed by atoms with Crippen molar-refractivity contribution in [1.29, 1.82) is 0 Å². The zero-order chi connectivity index (χ0) is 13.5. The molecule has 5 nitrogen and oxygen atoms in total. The first-order valence-electron chi connectivity index (χ1n) is 5.74. The van der Waals surface area contributed by atoms with E-state index in [0.717, 1.165) is 0 Å². The van der Waals surface area contributed by atoms with E-state index in [1.165, 1.54) is 7.11 Å². The van der Waals surface area contributed by atoms with Crippen LogP contribution in [-0.2, 0) is 16.0 Å². The van der Waals surface area contributed by atoms with Crippen molar-refractivity contribution in [3.8, 4) is 11.5 Å². The molecule has 1 rings (SSSR count). The van der Waals surface area contributed by atoms with Gasteiger partial charge in [-0.25, -0.2) is 0 Å². The van der Waals surface area contributed by atoms with Crippen molar-refractivity contribution in [3.63, 3.8) is 0 Å². The van der Waals surface area contributed by atoms with Crippen LogP contribution in [0.25, 0.3) is 0 Å². The molecule has 18 heavy (non-hydrogen) atoms. The van der Waals surface area contributed by atoms with Gasteiger partial charge < -0.3 is 19.3 Å². The van der Waals surface area contributed by atoms with Crippen LogP contribution in [-0.4, -0.2) is 31.1 Å². The Hall–Kier alpha value is -1.75. The fraction of sp³-hybridized carbons (Fsp3) is 0.462. The Bertz CT molecular complexity index is 402. The lowest BCUT2D eigenvalue weighted by atomic mass is 10.1. The number of carboxylic acid groups (broad SMARTS) is 1. The standard InChI is InChI=1S/C13H18O5/c1-4-17-9(2)18-12-7-5-6-11(16-3)10(12)8-13(14)15/h5-7,9H,4,8H2,1-3H3,(H,14,15). The first-order valence-corrected chi connectivity index (χ1v) is 5.74. The molecule has 1 aromatic rings. The lowest BCUT2D eigenvalue weighted by Crippen LogP contribution is -2.17. The van der Waals surface area contributed by atoms with E-state index in [-0.39, 0.29) is 6.42 Å². The maximum absolute atomic E-state index is 10.9. The zero-order valence-corrected chi connectivity index (χ0v) is 10.8. The third kappa shape index (κ3) is 3.92. The molecule has 0 saturated carbocycles. The fourth-order valence-electron chi connectivity index (χ4n) is 1.62. The van der Waals surface area contributed by atoms with Crippen molar-refractivity contribution in [2.75, 3.05) is 13.7 Å². The van der Waals surface area contributed by atoms with E-state index in [2.05, 4.69) is 0 Å². The van der Waals surface area contributed by atoms with Gasteiger partial charge in [0.1, 0.15) is 11.5 Å². The van der Waals surface area contributed by atoms with Crippen LogP contribution in [0.15, 0.2) is 18.2 Å². The summed E-state index contributed by atoms with van der Waals surface area (Å²) in [5, 5.41) is 8.91. The number of methoxy groups -OCH3 is 1. The van der Waals surface area contributed by atoms with Gasteiger partial charge in [-0.05, 0) is 26.0 Å². The smallest absolute Gasteiger partial charge is 0.308 e. The van der Waals surface area contributed by atoms with Gasteiger partial charge in [0, 0.05) is 12.2 Å². The third-order valence-electron chi connectivity index (χ3n) is 2.33. The van der Waals surface area contributed by atoms with E-state index in [0.29, 0.717) is 23.7 Å². The molecule has 0 aliphatic heterocycles. The molecule has 0 heterocycles. The van der Waals surface area contributed by atoms with Gasteiger partial charge >= 0.3 is 5.97 Å². The Balaban J connectivity index is 2.97. The number of ether oxygens (including phenoxy) is 3. The first-order chi connectivity index (χ1) is 8.58. The lowest BCUT2D eigenvalue weighted by Gasteiger charge is -2.18. The number of carboxylic acids is 1. The van der Waals surface area contributed by atoms with E-state index in [9.17, 15) is 4.79 Å². The third-order valence-corrected chi connectivity index (χ3v) is 2.33. The molecule has 5 heteroatoms. The molecule has 0 bridgehead atoms. The summed E-state index contributed by atoms with van der Waals surface area (Å²) in [4.78, 5) is 10.9. The number of rotatable bonds is 7.